The molecule has 1 aliphatic carbocycles. The van der Waals surface area contributed by atoms with Crippen molar-refractivity contribution in [1.29, 1.82) is 0 Å². The van der Waals surface area contributed by atoms with E-state index in [0.717, 1.165) is 0 Å². The van der Waals surface area contributed by atoms with Crippen molar-refractivity contribution in [2.45, 2.75) is 18.9 Å². The lowest BCUT2D eigenvalue weighted by atomic mass is 9.94. The number of hydrogen-bond donors (Lipinski definition) is 0. The molecule has 80 valence electrons. The predicted octanol–water partition coefficient (Wildman–Crippen LogP) is 2.74. The lowest BCUT2D eigenvalue weighted by Gasteiger charge is -2.26. The van der Waals surface area contributed by atoms with Crippen molar-refractivity contribution in [1.82, 2.24) is 4.90 Å². The fraction of sp³-hybridized carbons (Fsp3) is 0.429. The highest BCUT2D eigenvalue weighted by atomic mass is 15.1. The van der Waals surface area contributed by atoms with Crippen LogP contribution in [0.5, 0.6) is 0 Å². The number of hydrogen-bond acceptors (Lipinski definition) is 1. The first kappa shape index (κ1) is 10.4. The Balaban J connectivity index is 2.03. The molecule has 0 saturated heterocycles. The largest absolute Gasteiger partial charge is 0.306 e. The Hall–Kier alpha value is -1.08. The quantitative estimate of drug-likeness (QED) is 0.680. The summed E-state index contributed by atoms with van der Waals surface area (Å²) in [7, 11) is 4.35. The SMILES string of the molecule is CN(C)C1CC=CC1Cc1ccccc1. The minimum Gasteiger partial charge on any atom is -0.306 e. The van der Waals surface area contributed by atoms with Crippen molar-refractivity contribution in [3.8, 4) is 0 Å². The van der Waals surface area contributed by atoms with Crippen molar-refractivity contribution >= 4 is 0 Å². The molecule has 0 spiro atoms. The van der Waals surface area contributed by atoms with E-state index in [1.165, 1.54) is 18.4 Å². The highest BCUT2D eigenvalue weighted by Gasteiger charge is 2.24. The lowest BCUT2D eigenvalue weighted by molar-refractivity contribution is 0.250. The van der Waals surface area contributed by atoms with Crippen molar-refractivity contribution in [3.05, 3.63) is 48.0 Å². The maximum absolute atomic E-state index is 2.37. The molecule has 1 aromatic carbocycles. The van der Waals surface area contributed by atoms with Gasteiger partial charge in [0.15, 0.2) is 0 Å². The second-order valence-corrected chi connectivity index (χ2v) is 4.55. The van der Waals surface area contributed by atoms with E-state index in [-0.39, 0.29) is 0 Å². The third kappa shape index (κ3) is 2.48. The van der Waals surface area contributed by atoms with Crippen LogP contribution in [-0.4, -0.2) is 25.0 Å². The second-order valence-electron chi connectivity index (χ2n) is 4.55. The lowest BCUT2D eigenvalue weighted by Crippen LogP contribution is -2.32. The van der Waals surface area contributed by atoms with Gasteiger partial charge in [0.25, 0.3) is 0 Å². The van der Waals surface area contributed by atoms with Crippen LogP contribution in [0.25, 0.3) is 0 Å². The molecule has 0 N–H and O–H groups in total. The molecule has 0 saturated carbocycles. The standard InChI is InChI=1S/C14H19N/c1-15(2)14-10-6-9-13(14)11-12-7-4-3-5-8-12/h3-9,13-14H,10-11H2,1-2H3. The van der Waals surface area contributed by atoms with Gasteiger partial charge in [-0.3, -0.25) is 0 Å². The third-order valence-electron chi connectivity index (χ3n) is 3.23. The molecule has 15 heavy (non-hydrogen) atoms. The van der Waals surface area contributed by atoms with Crippen LogP contribution in [0.4, 0.5) is 0 Å². The van der Waals surface area contributed by atoms with Gasteiger partial charge in [-0.2, -0.15) is 0 Å². The number of benzene rings is 1. The second kappa shape index (κ2) is 4.63. The smallest absolute Gasteiger partial charge is 0.0190 e. The summed E-state index contributed by atoms with van der Waals surface area (Å²) < 4.78 is 0. The van der Waals surface area contributed by atoms with Gasteiger partial charge < -0.3 is 4.90 Å². The van der Waals surface area contributed by atoms with Crippen LogP contribution in [0, 0.1) is 5.92 Å². The van der Waals surface area contributed by atoms with Crippen molar-refractivity contribution in [3.63, 3.8) is 0 Å². The van der Waals surface area contributed by atoms with Gasteiger partial charge in [0, 0.05) is 6.04 Å². The summed E-state index contributed by atoms with van der Waals surface area (Å²) in [6.45, 7) is 0. The summed E-state index contributed by atoms with van der Waals surface area (Å²) in [6.07, 6.45) is 7.06. The number of nitrogens with zero attached hydrogens (tertiary/aromatic N) is 1. The van der Waals surface area contributed by atoms with Gasteiger partial charge in [-0.25, -0.2) is 0 Å². The topological polar surface area (TPSA) is 3.24 Å². The van der Waals surface area contributed by atoms with E-state index in [2.05, 4.69) is 61.5 Å². The zero-order chi connectivity index (χ0) is 10.7. The van der Waals surface area contributed by atoms with Crippen LogP contribution in [0.2, 0.25) is 0 Å². The summed E-state index contributed by atoms with van der Waals surface area (Å²) in [6, 6.07) is 11.5. The maximum atomic E-state index is 2.37. The normalized spacial score (nSPS) is 25.0. The Morgan fingerprint density at radius 3 is 2.60 bits per heavy atom. The molecule has 1 aliphatic rings. The van der Waals surface area contributed by atoms with Crippen LogP contribution in [-0.2, 0) is 6.42 Å². The van der Waals surface area contributed by atoms with Crippen molar-refractivity contribution < 1.29 is 0 Å². The van der Waals surface area contributed by atoms with Gasteiger partial charge in [0.2, 0.25) is 0 Å². The highest BCUT2D eigenvalue weighted by Crippen LogP contribution is 2.25. The average molecular weight is 201 g/mol. The monoisotopic (exact) mass is 201 g/mol. The van der Waals surface area contributed by atoms with E-state index in [1.54, 1.807) is 0 Å². The molecule has 0 aliphatic heterocycles. The van der Waals surface area contributed by atoms with Gasteiger partial charge in [0.05, 0.1) is 0 Å². The zero-order valence-electron chi connectivity index (χ0n) is 9.56. The van der Waals surface area contributed by atoms with E-state index in [1.807, 2.05) is 0 Å². The molecule has 0 radical (unpaired) electrons. The van der Waals surface area contributed by atoms with Gasteiger partial charge in [-0.05, 0) is 38.4 Å². The van der Waals surface area contributed by atoms with Gasteiger partial charge in [-0.1, -0.05) is 42.5 Å². The van der Waals surface area contributed by atoms with Crippen LogP contribution in [0.3, 0.4) is 0 Å². The van der Waals surface area contributed by atoms with Crippen LogP contribution >= 0.6 is 0 Å². The van der Waals surface area contributed by atoms with Crippen molar-refractivity contribution in [2.75, 3.05) is 14.1 Å². The fourth-order valence-electron chi connectivity index (χ4n) is 2.38. The molecule has 2 rings (SSSR count). The molecule has 0 fully saturated rings. The van der Waals surface area contributed by atoms with Crippen LogP contribution in [0.15, 0.2) is 42.5 Å². The van der Waals surface area contributed by atoms with E-state index in [4.69, 9.17) is 0 Å². The van der Waals surface area contributed by atoms with Gasteiger partial charge in [0.1, 0.15) is 0 Å². The molecular formula is C14H19N. The summed E-state index contributed by atoms with van der Waals surface area (Å²) in [4.78, 5) is 2.34. The molecular weight excluding hydrogens is 182 g/mol. The molecule has 1 nitrogen and oxygen atoms in total. The predicted molar refractivity (Wildman–Crippen MR) is 64.9 cm³/mol. The first-order valence-corrected chi connectivity index (χ1v) is 5.64. The molecule has 2 unspecified atom stereocenters. The summed E-state index contributed by atoms with van der Waals surface area (Å²) in [5.74, 6) is 0.683. The fourth-order valence-corrected chi connectivity index (χ4v) is 2.38. The maximum Gasteiger partial charge on any atom is 0.0190 e. The summed E-state index contributed by atoms with van der Waals surface area (Å²) in [5.41, 5.74) is 1.45. The Morgan fingerprint density at radius 1 is 1.20 bits per heavy atom. The third-order valence-corrected chi connectivity index (χ3v) is 3.23. The minimum atomic E-state index is 0.683. The summed E-state index contributed by atoms with van der Waals surface area (Å²) >= 11 is 0. The van der Waals surface area contributed by atoms with Crippen LogP contribution in [0.1, 0.15) is 12.0 Å². The summed E-state index contributed by atoms with van der Waals surface area (Å²) in [5, 5.41) is 0. The zero-order valence-corrected chi connectivity index (χ0v) is 9.56. The van der Waals surface area contributed by atoms with E-state index in [9.17, 15) is 0 Å². The average Bonchev–Trinajstić information content (AvgIpc) is 2.67. The first-order chi connectivity index (χ1) is 7.27. The Kier molecular flexibility index (Phi) is 3.22. The molecule has 1 heteroatoms. The Morgan fingerprint density at radius 2 is 1.93 bits per heavy atom. The molecule has 2 atom stereocenters. The first-order valence-electron chi connectivity index (χ1n) is 5.64. The number of rotatable bonds is 3. The van der Waals surface area contributed by atoms with E-state index in [0.29, 0.717) is 12.0 Å². The minimum absolute atomic E-state index is 0.683. The van der Waals surface area contributed by atoms with Crippen LogP contribution < -0.4 is 0 Å². The molecule has 1 aromatic rings. The molecule has 0 bridgehead atoms. The Labute approximate surface area is 92.4 Å². The van der Waals surface area contributed by atoms with Gasteiger partial charge in [-0.15, -0.1) is 0 Å². The highest BCUT2D eigenvalue weighted by molar-refractivity contribution is 5.18. The Bertz CT molecular complexity index is 326. The molecule has 0 heterocycles. The molecule has 0 aromatic heterocycles. The molecule has 0 amide bonds. The van der Waals surface area contributed by atoms with E-state index >= 15 is 0 Å². The van der Waals surface area contributed by atoms with Crippen molar-refractivity contribution in [2.24, 2.45) is 5.92 Å². The van der Waals surface area contributed by atoms with E-state index < -0.39 is 0 Å². The van der Waals surface area contributed by atoms with Gasteiger partial charge >= 0.3 is 0 Å².